The van der Waals surface area contributed by atoms with Gasteiger partial charge in [0.05, 0.1) is 18.6 Å². The van der Waals surface area contributed by atoms with Crippen LogP contribution in [0.3, 0.4) is 0 Å². The molecule has 2 aliphatic heterocycles. The number of benzene rings is 1. The van der Waals surface area contributed by atoms with Crippen LogP contribution in [0.5, 0.6) is 0 Å². The molecule has 188 valence electrons. The van der Waals surface area contributed by atoms with E-state index < -0.39 is 23.9 Å². The lowest BCUT2D eigenvalue weighted by molar-refractivity contribution is -0.192. The average molecular weight is 497 g/mol. The van der Waals surface area contributed by atoms with Crippen molar-refractivity contribution >= 4 is 23.5 Å². The zero-order valence-corrected chi connectivity index (χ0v) is 18.4. The summed E-state index contributed by atoms with van der Waals surface area (Å²) in [6.45, 7) is 1.64. The molecule has 0 saturated carbocycles. The molecule has 2 aromatic rings. The quantitative estimate of drug-likeness (QED) is 0.613. The second kappa shape index (κ2) is 11.3. The fraction of sp³-hybridized carbons (Fsp3) is 0.391. The van der Waals surface area contributed by atoms with Crippen LogP contribution in [0.25, 0.3) is 0 Å². The molecule has 0 aliphatic carbocycles. The normalized spacial score (nSPS) is 19.3. The van der Waals surface area contributed by atoms with Crippen LogP contribution in [0.4, 0.5) is 23.2 Å². The zero-order chi connectivity index (χ0) is 25.6. The molecule has 1 aromatic heterocycles. The molecule has 1 saturated heterocycles. The predicted molar refractivity (Wildman–Crippen MR) is 115 cm³/mol. The van der Waals surface area contributed by atoms with Crippen LogP contribution in [-0.4, -0.2) is 58.1 Å². The molecule has 0 spiro atoms. The van der Waals surface area contributed by atoms with E-state index in [1.165, 1.54) is 12.1 Å². The lowest BCUT2D eigenvalue weighted by atomic mass is 9.96. The van der Waals surface area contributed by atoms with Crippen LogP contribution in [0.1, 0.15) is 36.3 Å². The molecular weight excluding hydrogens is 474 g/mol. The maximum absolute atomic E-state index is 13.4. The highest BCUT2D eigenvalue weighted by molar-refractivity contribution is 6.04. The van der Waals surface area contributed by atoms with E-state index in [-0.39, 0.29) is 24.3 Å². The number of hydrogen-bond donors (Lipinski definition) is 2. The molecule has 4 rings (SSSR count). The Bertz CT molecular complexity index is 1060. The van der Waals surface area contributed by atoms with Crippen LogP contribution in [0, 0.1) is 5.82 Å². The van der Waals surface area contributed by atoms with E-state index in [2.05, 4.69) is 10.3 Å². The Morgan fingerprint density at radius 1 is 1.26 bits per heavy atom. The van der Waals surface area contributed by atoms with Crippen molar-refractivity contribution in [2.24, 2.45) is 0 Å². The molecule has 12 heteroatoms. The number of halogens is 4. The molecule has 2 unspecified atom stereocenters. The predicted octanol–water partition coefficient (Wildman–Crippen LogP) is 3.49. The van der Waals surface area contributed by atoms with E-state index in [1.54, 1.807) is 23.4 Å². The number of carboxylic acid groups (broad SMARTS) is 1. The standard InChI is InChI=1S/C21H22FN3O3.C2HF3O2/c22-15-5-6-17-18(21(27)24-19(17)9-15)10-20(26)25-8-2-4-16(12-25)28-13-14-3-1-7-23-11-14;3-2(4,5)1(6)7/h1,3,5-7,9,11,16,18H,2,4,8,10,12-13H2,(H,24,27);(H,6,7). The first-order chi connectivity index (χ1) is 16.5. The topological polar surface area (TPSA) is 109 Å². The Kier molecular flexibility index (Phi) is 8.39. The first kappa shape index (κ1) is 26.1. The summed E-state index contributed by atoms with van der Waals surface area (Å²) in [7, 11) is 0. The molecule has 35 heavy (non-hydrogen) atoms. The van der Waals surface area contributed by atoms with Gasteiger partial charge in [0.2, 0.25) is 11.8 Å². The average Bonchev–Trinajstić information content (AvgIpc) is 3.12. The smallest absolute Gasteiger partial charge is 0.475 e. The number of piperidine rings is 1. The van der Waals surface area contributed by atoms with Gasteiger partial charge in [0.25, 0.3) is 0 Å². The lowest BCUT2D eigenvalue weighted by Crippen LogP contribution is -2.43. The fourth-order valence-electron chi connectivity index (χ4n) is 3.81. The number of fused-ring (bicyclic) bond motifs is 1. The minimum Gasteiger partial charge on any atom is -0.475 e. The van der Waals surface area contributed by atoms with Crippen molar-refractivity contribution in [3.63, 3.8) is 0 Å². The summed E-state index contributed by atoms with van der Waals surface area (Å²) < 4.78 is 51.1. The number of ether oxygens (including phenoxy) is 1. The van der Waals surface area contributed by atoms with E-state index in [9.17, 15) is 27.2 Å². The Morgan fingerprint density at radius 3 is 2.66 bits per heavy atom. The summed E-state index contributed by atoms with van der Waals surface area (Å²) in [6, 6.07) is 8.01. The molecule has 0 radical (unpaired) electrons. The Morgan fingerprint density at radius 2 is 2.00 bits per heavy atom. The molecule has 2 atom stereocenters. The van der Waals surface area contributed by atoms with Crippen LogP contribution >= 0.6 is 0 Å². The number of aliphatic carboxylic acids is 1. The lowest BCUT2D eigenvalue weighted by Gasteiger charge is -2.33. The van der Waals surface area contributed by atoms with E-state index in [0.29, 0.717) is 30.9 Å². The number of aromatic nitrogens is 1. The summed E-state index contributed by atoms with van der Waals surface area (Å²) in [5.74, 6) is -4.06. The van der Waals surface area contributed by atoms with Gasteiger partial charge in [0.15, 0.2) is 0 Å². The highest BCUT2D eigenvalue weighted by Crippen LogP contribution is 2.35. The minimum atomic E-state index is -5.08. The van der Waals surface area contributed by atoms with Gasteiger partial charge in [-0.2, -0.15) is 13.2 Å². The number of alkyl halides is 3. The monoisotopic (exact) mass is 497 g/mol. The number of carbonyl (C=O) groups is 3. The molecule has 8 nitrogen and oxygen atoms in total. The van der Waals surface area contributed by atoms with Crippen molar-refractivity contribution in [3.05, 3.63) is 59.7 Å². The third-order valence-electron chi connectivity index (χ3n) is 5.53. The Balaban J connectivity index is 0.000000429. The molecule has 3 heterocycles. The summed E-state index contributed by atoms with van der Waals surface area (Å²) >= 11 is 0. The summed E-state index contributed by atoms with van der Waals surface area (Å²) in [6.07, 6.45) is 0.218. The largest absolute Gasteiger partial charge is 0.490 e. The third-order valence-corrected chi connectivity index (χ3v) is 5.53. The van der Waals surface area contributed by atoms with E-state index in [1.807, 2.05) is 12.1 Å². The highest BCUT2D eigenvalue weighted by atomic mass is 19.4. The van der Waals surface area contributed by atoms with Gasteiger partial charge in [-0.1, -0.05) is 12.1 Å². The Hall–Kier alpha value is -3.54. The second-order valence-corrected chi connectivity index (χ2v) is 8.06. The molecule has 2 amide bonds. The van der Waals surface area contributed by atoms with Gasteiger partial charge in [0, 0.05) is 37.6 Å². The van der Waals surface area contributed by atoms with Gasteiger partial charge in [-0.25, -0.2) is 9.18 Å². The number of anilines is 1. The van der Waals surface area contributed by atoms with Gasteiger partial charge >= 0.3 is 12.1 Å². The highest BCUT2D eigenvalue weighted by Gasteiger charge is 2.38. The van der Waals surface area contributed by atoms with Crippen molar-refractivity contribution in [1.82, 2.24) is 9.88 Å². The number of pyridine rings is 1. The van der Waals surface area contributed by atoms with Crippen LogP contribution in [0.2, 0.25) is 0 Å². The molecule has 1 aromatic carbocycles. The van der Waals surface area contributed by atoms with Gasteiger partial charge in [-0.15, -0.1) is 0 Å². The number of carboxylic acids is 1. The fourth-order valence-corrected chi connectivity index (χ4v) is 3.81. The number of rotatable bonds is 5. The van der Waals surface area contributed by atoms with E-state index >= 15 is 0 Å². The number of nitrogens with one attached hydrogen (secondary N) is 1. The third kappa shape index (κ3) is 7.22. The van der Waals surface area contributed by atoms with Gasteiger partial charge in [0.1, 0.15) is 5.82 Å². The van der Waals surface area contributed by atoms with Gasteiger partial charge in [-0.3, -0.25) is 14.6 Å². The first-order valence-corrected chi connectivity index (χ1v) is 10.7. The number of nitrogens with zero attached hydrogens (tertiary/aromatic N) is 2. The summed E-state index contributed by atoms with van der Waals surface area (Å²) in [5.41, 5.74) is 2.14. The van der Waals surface area contributed by atoms with E-state index in [4.69, 9.17) is 14.6 Å². The van der Waals surface area contributed by atoms with Crippen molar-refractivity contribution in [3.8, 4) is 0 Å². The minimum absolute atomic E-state index is 0.0308. The van der Waals surface area contributed by atoms with Crippen molar-refractivity contribution < 1.29 is 41.8 Å². The number of carbonyl (C=O) groups excluding carboxylic acids is 2. The number of amides is 2. The SMILES string of the molecule is O=C(O)C(F)(F)F.O=C1Nc2cc(F)ccc2C1CC(=O)N1CCCC(OCc2cccnc2)C1. The Labute approximate surface area is 197 Å². The van der Waals surface area contributed by atoms with Crippen molar-refractivity contribution in [2.75, 3.05) is 18.4 Å². The maximum Gasteiger partial charge on any atom is 0.490 e. The van der Waals surface area contributed by atoms with Crippen LogP contribution in [0.15, 0.2) is 42.7 Å². The number of hydrogen-bond acceptors (Lipinski definition) is 5. The maximum atomic E-state index is 13.4. The number of likely N-dealkylation sites (tertiary alicyclic amines) is 1. The summed E-state index contributed by atoms with van der Waals surface area (Å²) in [5, 5.41) is 9.79. The molecule has 2 N–H and O–H groups in total. The molecule has 2 aliphatic rings. The second-order valence-electron chi connectivity index (χ2n) is 8.06. The summed E-state index contributed by atoms with van der Waals surface area (Å²) in [4.78, 5) is 39.8. The van der Waals surface area contributed by atoms with Gasteiger partial charge < -0.3 is 20.1 Å². The van der Waals surface area contributed by atoms with Gasteiger partial charge in [-0.05, 0) is 42.2 Å². The van der Waals surface area contributed by atoms with Crippen LogP contribution in [-0.2, 0) is 25.7 Å². The van der Waals surface area contributed by atoms with Crippen LogP contribution < -0.4 is 5.32 Å². The zero-order valence-electron chi connectivity index (χ0n) is 18.4. The molecular formula is C23H23F4N3O5. The van der Waals surface area contributed by atoms with E-state index in [0.717, 1.165) is 18.4 Å². The molecule has 1 fully saturated rings. The first-order valence-electron chi connectivity index (χ1n) is 10.7. The van der Waals surface area contributed by atoms with Crippen molar-refractivity contribution in [2.45, 2.75) is 44.1 Å². The van der Waals surface area contributed by atoms with Crippen molar-refractivity contribution in [1.29, 1.82) is 0 Å². The molecule has 0 bridgehead atoms.